The molecule has 68 heavy (non-hydrogen) atoms. The van der Waals surface area contributed by atoms with E-state index >= 15 is 0 Å². The molecule has 2 aromatic rings. The Kier molecular flexibility index (Phi) is 14.7. The Morgan fingerprint density at radius 1 is 0.441 bits per heavy atom. The van der Waals surface area contributed by atoms with Crippen LogP contribution in [-0.2, 0) is 32.9 Å². The first-order valence-electron chi connectivity index (χ1n) is 18.3. The van der Waals surface area contributed by atoms with E-state index in [4.69, 9.17) is 0 Å². The molecule has 2 aromatic carbocycles. The van der Waals surface area contributed by atoms with Crippen LogP contribution >= 0.6 is 0 Å². The summed E-state index contributed by atoms with van der Waals surface area (Å²) in [5, 5.41) is 5.43. The van der Waals surface area contributed by atoms with Crippen LogP contribution < -0.4 is 0 Å². The summed E-state index contributed by atoms with van der Waals surface area (Å²) < 4.78 is 290. The van der Waals surface area contributed by atoms with Crippen molar-refractivity contribution in [1.82, 2.24) is 18.4 Å². The zero-order valence-electron chi connectivity index (χ0n) is 33.1. The zero-order chi connectivity index (χ0) is 52.4. The monoisotopic (exact) mass is 1060 g/mol. The lowest BCUT2D eigenvalue weighted by Gasteiger charge is -2.38. The second-order valence-electron chi connectivity index (χ2n) is 14.6. The third-order valence-electron chi connectivity index (χ3n) is 10.4. The predicted octanol–water partition coefficient (Wildman–Crippen LogP) is 5.89. The second-order valence-corrected chi connectivity index (χ2v) is 18.5. The normalized spacial score (nSPS) is 17.3. The molecule has 34 heteroatoms. The van der Waals surface area contributed by atoms with E-state index in [0.717, 1.165) is 36.4 Å². The van der Waals surface area contributed by atoms with Gasteiger partial charge in [0.2, 0.25) is 0 Å². The number of aromatic carboxylic acids is 2. The van der Waals surface area contributed by atoms with Gasteiger partial charge in [-0.25, -0.2) is 26.4 Å². The number of carbonyl (C=O) groups is 4. The fraction of sp³-hybridized carbons (Fsp3) is 0.529. The molecule has 2 amide bonds. The van der Waals surface area contributed by atoms with Crippen LogP contribution in [0.5, 0.6) is 0 Å². The number of carboxylic acid groups (broad SMARTS) is 2. The molecular weight excluding hydrogens is 1030 g/mol. The highest BCUT2D eigenvalue weighted by Crippen LogP contribution is 2.56. The summed E-state index contributed by atoms with van der Waals surface area (Å²) in [5.41, 5.74) is -2.59. The van der Waals surface area contributed by atoms with Crippen LogP contribution in [0.3, 0.4) is 0 Å². The van der Waals surface area contributed by atoms with Gasteiger partial charge in [0.05, 0.1) is 11.1 Å². The first-order valence-corrected chi connectivity index (χ1v) is 21.1. The Hall–Kier alpha value is -5.12. The number of carbonyl (C=O) groups excluding carboxylic acids is 2. The highest BCUT2D eigenvalue weighted by molar-refractivity contribution is 7.90. The third kappa shape index (κ3) is 9.22. The summed E-state index contributed by atoms with van der Waals surface area (Å²) in [4.78, 5) is 52.1. The first kappa shape index (κ1) is 55.5. The summed E-state index contributed by atoms with van der Waals surface area (Å²) in [5.74, 6) is -35.8. The topological polar surface area (TPSA) is 190 Å². The van der Waals surface area contributed by atoms with Gasteiger partial charge in [-0.1, -0.05) is 0 Å². The van der Waals surface area contributed by atoms with Crippen molar-refractivity contribution in [3.63, 3.8) is 0 Å². The minimum absolute atomic E-state index is 0.280. The van der Waals surface area contributed by atoms with Gasteiger partial charge in [-0.2, -0.15) is 87.6 Å². The van der Waals surface area contributed by atoms with E-state index in [1.165, 1.54) is 0 Å². The molecule has 0 aliphatic carbocycles. The summed E-state index contributed by atoms with van der Waals surface area (Å²) in [6.07, 6.45) is -15.7. The highest BCUT2D eigenvalue weighted by Gasteiger charge is 2.87. The van der Waals surface area contributed by atoms with Gasteiger partial charge in [0, 0.05) is 63.5 Å². The molecule has 4 rings (SSSR count). The third-order valence-corrected chi connectivity index (χ3v) is 14.3. The maximum Gasteiger partial charge on any atom is 0.460 e. The molecule has 2 N–H and O–H groups in total. The van der Waals surface area contributed by atoms with E-state index in [2.05, 4.69) is 0 Å². The fourth-order valence-corrected chi connectivity index (χ4v) is 9.39. The maximum absolute atomic E-state index is 14.4. The predicted molar refractivity (Wildman–Crippen MR) is 189 cm³/mol. The second kappa shape index (κ2) is 18.0. The highest BCUT2D eigenvalue weighted by atomic mass is 32.2. The molecule has 0 atom stereocenters. The number of rotatable bonds is 15. The van der Waals surface area contributed by atoms with Crippen LogP contribution in [0, 0.1) is 0 Å². The zero-order valence-corrected chi connectivity index (χ0v) is 34.7. The molecule has 382 valence electrons. The molecule has 0 radical (unpaired) electrons. The molecule has 0 bridgehead atoms. The standard InChI is InChI=1S/C34H28F18N4O10S2/c35-27(36,31(43,44)45)29(39,40)33(49,50)67(63,64)55-11-7-53(8-12-55)23(57)19-3-5-21(25(59)60)17(15-19)1-2-18-16-20(4-6-22(18)26(61)62)24(58)54-9-13-56(14-10-54)68(65,66)34(51,52)30(41,42)28(37,38)32(46,47)48/h3-6,15-16H,1-2,7-14H2,(H,59,60)(H,61,62). The number of aryl methyl sites for hydroxylation is 2. The van der Waals surface area contributed by atoms with Gasteiger partial charge in [-0.05, 0) is 60.4 Å². The molecule has 2 fully saturated rings. The Bertz CT molecular complexity index is 2370. The molecule has 2 heterocycles. The Labute approximate surface area is 368 Å². The van der Waals surface area contributed by atoms with Gasteiger partial charge in [0.1, 0.15) is 0 Å². The quantitative estimate of drug-likeness (QED) is 0.204. The summed E-state index contributed by atoms with van der Waals surface area (Å²) >= 11 is 0. The van der Waals surface area contributed by atoms with E-state index in [0.29, 0.717) is 9.80 Å². The van der Waals surface area contributed by atoms with Gasteiger partial charge < -0.3 is 20.0 Å². The minimum Gasteiger partial charge on any atom is -0.478 e. The van der Waals surface area contributed by atoms with Gasteiger partial charge in [-0.3, -0.25) is 9.59 Å². The number of piperazine rings is 2. The van der Waals surface area contributed by atoms with Crippen molar-refractivity contribution < 1.29 is 125 Å². The Morgan fingerprint density at radius 2 is 0.706 bits per heavy atom. The molecule has 0 aromatic heterocycles. The lowest BCUT2D eigenvalue weighted by atomic mass is 9.94. The molecule has 0 unspecified atom stereocenters. The summed E-state index contributed by atoms with van der Waals surface area (Å²) in [6.45, 7) is -9.38. The van der Waals surface area contributed by atoms with E-state index in [-0.39, 0.29) is 11.1 Å². The number of halogens is 18. The van der Waals surface area contributed by atoms with Crippen molar-refractivity contribution in [3.8, 4) is 0 Å². The molecule has 0 spiro atoms. The maximum atomic E-state index is 14.4. The van der Waals surface area contributed by atoms with Crippen molar-refractivity contribution in [1.29, 1.82) is 0 Å². The van der Waals surface area contributed by atoms with E-state index in [1.807, 2.05) is 0 Å². The van der Waals surface area contributed by atoms with Crippen molar-refractivity contribution in [3.05, 3.63) is 69.8 Å². The minimum atomic E-state index is -7.54. The van der Waals surface area contributed by atoms with Crippen molar-refractivity contribution in [2.24, 2.45) is 0 Å². The van der Waals surface area contributed by atoms with Gasteiger partial charge in [0.15, 0.2) is 0 Å². The van der Waals surface area contributed by atoms with Gasteiger partial charge in [0.25, 0.3) is 31.9 Å². The SMILES string of the molecule is O=C(O)c1ccc(C(=O)N2CCN(S(=O)(=O)C(F)(F)C(F)(F)C(F)(F)C(F)(F)F)CC2)cc1CCc1cc(C(=O)N2CCN(S(=O)(=O)C(F)(F)C(F)(F)C(F)(F)C(F)(F)F)CC2)ccc1C(=O)O. The molecule has 14 nitrogen and oxygen atoms in total. The number of alkyl halides is 18. The van der Waals surface area contributed by atoms with Crippen LogP contribution in [0.15, 0.2) is 36.4 Å². The van der Waals surface area contributed by atoms with Gasteiger partial charge in [-0.15, -0.1) is 0 Å². The van der Waals surface area contributed by atoms with E-state index in [9.17, 15) is 125 Å². The smallest absolute Gasteiger partial charge is 0.460 e. The molecule has 0 saturated carbocycles. The first-order chi connectivity index (χ1) is 30.6. The van der Waals surface area contributed by atoms with Crippen molar-refractivity contribution in [2.45, 2.75) is 59.4 Å². The van der Waals surface area contributed by atoms with Gasteiger partial charge >= 0.3 is 58.5 Å². The largest absolute Gasteiger partial charge is 0.478 e. The summed E-state index contributed by atoms with van der Waals surface area (Å²) in [7, 11) is -14.0. The molecule has 2 aliphatic rings. The number of hydrogen-bond acceptors (Lipinski definition) is 8. The average Bonchev–Trinajstić information content (AvgIpc) is 3.23. The van der Waals surface area contributed by atoms with Crippen LogP contribution in [0.4, 0.5) is 79.0 Å². The lowest BCUT2D eigenvalue weighted by molar-refractivity contribution is -0.382. The molecule has 2 aliphatic heterocycles. The average molecular weight is 1060 g/mol. The number of carboxylic acids is 2. The Morgan fingerprint density at radius 3 is 0.941 bits per heavy atom. The number of benzene rings is 2. The fourth-order valence-electron chi connectivity index (χ4n) is 6.55. The number of amides is 2. The molecule has 2 saturated heterocycles. The summed E-state index contributed by atoms with van der Waals surface area (Å²) in [6, 6.07) is 5.15. The van der Waals surface area contributed by atoms with Crippen molar-refractivity contribution >= 4 is 43.8 Å². The Balaban J connectivity index is 1.51. The van der Waals surface area contributed by atoms with Crippen LogP contribution in [0.2, 0.25) is 0 Å². The van der Waals surface area contributed by atoms with Crippen molar-refractivity contribution in [2.75, 3.05) is 52.4 Å². The lowest BCUT2D eigenvalue weighted by Crippen LogP contribution is -2.66. The van der Waals surface area contributed by atoms with E-state index < -0.39 is 186 Å². The number of sulfonamides is 2. The molecular formula is C34H28F18N4O10S2. The number of hydrogen-bond donors (Lipinski definition) is 2. The van der Waals surface area contributed by atoms with Crippen LogP contribution in [0.1, 0.15) is 52.6 Å². The van der Waals surface area contributed by atoms with E-state index in [1.54, 1.807) is 0 Å². The van der Waals surface area contributed by atoms with Crippen LogP contribution in [-0.4, -0.2) is 168 Å². The number of nitrogens with zero attached hydrogens (tertiary/aromatic N) is 4. The van der Waals surface area contributed by atoms with Crippen LogP contribution in [0.25, 0.3) is 0 Å².